The Kier molecular flexibility index (Phi) is 7.73. The highest BCUT2D eigenvalue weighted by Gasteiger charge is 2.71. The van der Waals surface area contributed by atoms with Gasteiger partial charge in [-0.3, -0.25) is 14.4 Å². The topological polar surface area (TPSA) is 90.4 Å². The van der Waals surface area contributed by atoms with Gasteiger partial charge in [0, 0.05) is 38.8 Å². The van der Waals surface area contributed by atoms with Crippen LogP contribution in [0.4, 0.5) is 0 Å². The normalized spacial score (nSPS) is 30.5. The third-order valence-electron chi connectivity index (χ3n) is 8.42. The van der Waals surface area contributed by atoms with Gasteiger partial charge in [-0.15, -0.1) is 0 Å². The molecule has 4 aliphatic heterocycles. The number of hydrogen-bond acceptors (Lipinski definition) is 5. The van der Waals surface area contributed by atoms with Crippen molar-refractivity contribution < 1.29 is 24.2 Å². The second-order valence-electron chi connectivity index (χ2n) is 11.1. The van der Waals surface area contributed by atoms with Gasteiger partial charge >= 0.3 is 0 Å². The zero-order valence-corrected chi connectivity index (χ0v) is 22.4. The summed E-state index contributed by atoms with van der Waals surface area (Å²) < 4.78 is 6.69. The quantitative estimate of drug-likeness (QED) is 0.399. The Morgan fingerprint density at radius 2 is 1.74 bits per heavy atom. The van der Waals surface area contributed by atoms with Crippen molar-refractivity contribution in [3.8, 4) is 0 Å². The largest absolute Gasteiger partial charge is 0.396 e. The monoisotopic (exact) mass is 521 g/mol. The fraction of sp³-hybridized carbons (Fsp3) is 0.567. The molecule has 3 amide bonds. The van der Waals surface area contributed by atoms with Gasteiger partial charge in [0.05, 0.1) is 17.9 Å². The molecule has 204 valence electrons. The molecule has 38 heavy (non-hydrogen) atoms. The van der Waals surface area contributed by atoms with Crippen molar-refractivity contribution in [1.82, 2.24) is 14.7 Å². The minimum atomic E-state index is -1.17. The van der Waals surface area contributed by atoms with Gasteiger partial charge in [-0.2, -0.15) is 0 Å². The number of nitrogens with zero attached hydrogens (tertiary/aromatic N) is 3. The van der Waals surface area contributed by atoms with Crippen molar-refractivity contribution in [1.29, 1.82) is 0 Å². The van der Waals surface area contributed by atoms with E-state index in [0.29, 0.717) is 26.2 Å². The van der Waals surface area contributed by atoms with Crippen LogP contribution >= 0.6 is 0 Å². The maximum Gasteiger partial charge on any atom is 0.249 e. The van der Waals surface area contributed by atoms with Gasteiger partial charge in [0.1, 0.15) is 11.6 Å². The summed E-state index contributed by atoms with van der Waals surface area (Å²) in [6.45, 7) is 5.88. The summed E-state index contributed by atoms with van der Waals surface area (Å²) in [6.07, 6.45) is 10.3. The average Bonchev–Trinajstić information content (AvgIpc) is 3.21. The van der Waals surface area contributed by atoms with Gasteiger partial charge in [0.25, 0.3) is 0 Å². The van der Waals surface area contributed by atoms with E-state index >= 15 is 0 Å². The Morgan fingerprint density at radius 3 is 2.47 bits per heavy atom. The predicted molar refractivity (Wildman–Crippen MR) is 143 cm³/mol. The lowest BCUT2D eigenvalue weighted by molar-refractivity contribution is -0.149. The fourth-order valence-electron chi connectivity index (χ4n) is 6.60. The summed E-state index contributed by atoms with van der Waals surface area (Å²) in [4.78, 5) is 47.5. The molecule has 5 atom stereocenters. The molecule has 1 spiro atoms. The second-order valence-corrected chi connectivity index (χ2v) is 11.1. The predicted octanol–water partition coefficient (Wildman–Crippen LogP) is 2.53. The van der Waals surface area contributed by atoms with Crippen LogP contribution in [-0.4, -0.2) is 87.6 Å². The van der Waals surface area contributed by atoms with E-state index in [1.54, 1.807) is 14.7 Å². The van der Waals surface area contributed by atoms with Crippen LogP contribution in [0.15, 0.2) is 54.6 Å². The molecule has 8 heteroatoms. The smallest absolute Gasteiger partial charge is 0.249 e. The molecule has 1 unspecified atom stereocenters. The first-order valence-corrected chi connectivity index (χ1v) is 14.0. The first-order valence-electron chi connectivity index (χ1n) is 14.0. The first kappa shape index (κ1) is 26.6. The van der Waals surface area contributed by atoms with Crippen LogP contribution in [-0.2, 0) is 25.7 Å². The Bertz CT molecular complexity index is 1100. The molecule has 0 saturated carbocycles. The molecule has 0 aromatic heterocycles. The van der Waals surface area contributed by atoms with Gasteiger partial charge in [0.2, 0.25) is 17.7 Å². The van der Waals surface area contributed by atoms with Crippen LogP contribution in [0.1, 0.15) is 45.1 Å². The number of hydrogen-bond donors (Lipinski definition) is 1. The minimum Gasteiger partial charge on any atom is -0.396 e. The van der Waals surface area contributed by atoms with E-state index in [4.69, 9.17) is 9.84 Å². The van der Waals surface area contributed by atoms with Crippen molar-refractivity contribution in [3.05, 3.63) is 60.2 Å². The van der Waals surface area contributed by atoms with Crippen molar-refractivity contribution in [2.75, 3.05) is 26.2 Å². The number of rotatable bonds is 9. The number of likely N-dealkylation sites (tertiary alicyclic amines) is 1. The van der Waals surface area contributed by atoms with Gasteiger partial charge < -0.3 is 24.5 Å². The van der Waals surface area contributed by atoms with Crippen LogP contribution in [0.3, 0.4) is 0 Å². The molecule has 1 aromatic carbocycles. The number of carbonyl (C=O) groups is 3. The summed E-state index contributed by atoms with van der Waals surface area (Å²) >= 11 is 0. The maximum atomic E-state index is 14.2. The lowest BCUT2D eigenvalue weighted by Gasteiger charge is -2.36. The van der Waals surface area contributed by atoms with E-state index in [1.807, 2.05) is 68.5 Å². The molecule has 2 fully saturated rings. The van der Waals surface area contributed by atoms with E-state index < -0.39 is 29.6 Å². The molecule has 0 radical (unpaired) electrons. The van der Waals surface area contributed by atoms with E-state index in [9.17, 15) is 14.4 Å². The Hall–Kier alpha value is -2.97. The number of fused-ring (bicyclic) bond motifs is 2. The molecule has 4 aliphatic rings. The molecule has 0 bridgehead atoms. The highest BCUT2D eigenvalue weighted by molar-refractivity contribution is 5.99. The number of aliphatic hydroxyl groups is 1. The molecule has 4 heterocycles. The molecular formula is C30H39N3O5. The highest BCUT2D eigenvalue weighted by atomic mass is 16.5. The van der Waals surface area contributed by atoms with Crippen molar-refractivity contribution in [2.45, 2.75) is 69.9 Å². The Morgan fingerprint density at radius 1 is 0.974 bits per heavy atom. The summed E-state index contributed by atoms with van der Waals surface area (Å²) in [7, 11) is 0. The average molecular weight is 522 g/mol. The molecule has 8 nitrogen and oxygen atoms in total. The summed E-state index contributed by atoms with van der Waals surface area (Å²) in [6, 6.07) is 9.02. The van der Waals surface area contributed by atoms with E-state index in [2.05, 4.69) is 0 Å². The van der Waals surface area contributed by atoms with Crippen LogP contribution in [0, 0.1) is 11.8 Å². The van der Waals surface area contributed by atoms with Crippen LogP contribution in [0.5, 0.6) is 0 Å². The van der Waals surface area contributed by atoms with Gasteiger partial charge in [-0.1, -0.05) is 67.5 Å². The van der Waals surface area contributed by atoms with Crippen LogP contribution in [0.2, 0.25) is 0 Å². The number of aliphatic hydroxyl groups excluding tert-OH is 1. The summed E-state index contributed by atoms with van der Waals surface area (Å²) in [5.74, 6) is -1.83. The third kappa shape index (κ3) is 4.58. The summed E-state index contributed by atoms with van der Waals surface area (Å²) in [5, 5.41) is 9.12. The fourth-order valence-corrected chi connectivity index (χ4v) is 6.60. The second kappa shape index (κ2) is 11.0. The number of amides is 3. The number of benzene rings is 1. The van der Waals surface area contributed by atoms with Gasteiger partial charge in [-0.25, -0.2) is 0 Å². The van der Waals surface area contributed by atoms with Crippen LogP contribution < -0.4 is 0 Å². The SMILES string of the molecule is CC(C)N1CC=C[C@]23O[C@@H]4C=CCN(Cc5ccccc5)C(=O)[C@@H]4[C@H]2C(=O)N(CCCCCCO)C3C1=O. The third-order valence-corrected chi connectivity index (χ3v) is 8.42. The lowest BCUT2D eigenvalue weighted by atomic mass is 9.77. The molecule has 1 aromatic rings. The highest BCUT2D eigenvalue weighted by Crippen LogP contribution is 2.53. The molecule has 1 N–H and O–H groups in total. The zero-order chi connectivity index (χ0) is 26.9. The molecule has 0 aliphatic carbocycles. The van der Waals surface area contributed by atoms with Gasteiger partial charge in [0.15, 0.2) is 0 Å². The van der Waals surface area contributed by atoms with E-state index in [-0.39, 0.29) is 30.4 Å². The molecule has 5 rings (SSSR count). The Labute approximate surface area is 224 Å². The molecular weight excluding hydrogens is 482 g/mol. The van der Waals surface area contributed by atoms with Gasteiger partial charge in [-0.05, 0) is 32.3 Å². The first-order chi connectivity index (χ1) is 18.4. The summed E-state index contributed by atoms with van der Waals surface area (Å²) in [5.41, 5.74) is -0.146. The minimum absolute atomic E-state index is 0.0300. The van der Waals surface area contributed by atoms with Crippen LogP contribution in [0.25, 0.3) is 0 Å². The standard InChI is InChI=1S/C30H39N3O5/c1-21(2)32-18-11-15-30-25(28(36)33(26(30)29(32)37)17-8-3-4-9-19-34)24-23(38-30)14-10-16-31(27(24)35)20-22-12-6-5-7-13-22/h5-7,10-15,21,23-26,34H,3-4,8-9,16-20H2,1-2H3/t23-,24+,25+,26?,30+/m1/s1. The van der Waals surface area contributed by atoms with Crippen molar-refractivity contribution in [2.24, 2.45) is 11.8 Å². The lowest BCUT2D eigenvalue weighted by Crippen LogP contribution is -2.56. The van der Waals surface area contributed by atoms with Crippen molar-refractivity contribution in [3.63, 3.8) is 0 Å². The Balaban J connectivity index is 1.48. The maximum absolute atomic E-state index is 14.2. The van der Waals surface area contributed by atoms with Crippen molar-refractivity contribution >= 4 is 17.7 Å². The van der Waals surface area contributed by atoms with E-state index in [1.165, 1.54) is 0 Å². The number of carbonyl (C=O) groups excluding carboxylic acids is 3. The number of ether oxygens (including phenoxy) is 1. The zero-order valence-electron chi connectivity index (χ0n) is 22.4. The number of unbranched alkanes of at least 4 members (excludes halogenated alkanes) is 3. The molecule has 2 saturated heterocycles. The van der Waals surface area contributed by atoms with E-state index in [0.717, 1.165) is 31.2 Å².